The van der Waals surface area contributed by atoms with Crippen LogP contribution in [0.2, 0.25) is 0 Å². The molecule has 10 heteroatoms. The van der Waals surface area contributed by atoms with Crippen molar-refractivity contribution in [1.82, 2.24) is 20.2 Å². The number of amides is 1. The van der Waals surface area contributed by atoms with Crippen LogP contribution in [0, 0.1) is 6.92 Å². The summed E-state index contributed by atoms with van der Waals surface area (Å²) in [6, 6.07) is 9.47. The normalized spacial score (nSPS) is 18.5. The number of hydrogen-bond donors (Lipinski definition) is 4. The van der Waals surface area contributed by atoms with Gasteiger partial charge in [0.05, 0.1) is 17.9 Å². The molecule has 37 heavy (non-hydrogen) atoms. The highest BCUT2D eigenvalue weighted by Gasteiger charge is 2.26. The first-order chi connectivity index (χ1) is 17.9. The Kier molecular flexibility index (Phi) is 7.68. The molecule has 1 amide bonds. The van der Waals surface area contributed by atoms with Gasteiger partial charge in [0.25, 0.3) is 5.91 Å². The smallest absolute Gasteiger partial charge is 0.251 e. The Morgan fingerprint density at radius 2 is 2.14 bits per heavy atom. The molecule has 2 aromatic heterocycles. The second kappa shape index (κ2) is 11.3. The average molecular weight is 508 g/mol. The third kappa shape index (κ3) is 6.27. The molecule has 196 valence electrons. The molecule has 1 unspecified atom stereocenters. The number of carbonyl (C=O) groups excluding carboxylic acids is 1. The number of aromatic nitrogens is 2. The van der Waals surface area contributed by atoms with Gasteiger partial charge < -0.3 is 30.0 Å². The van der Waals surface area contributed by atoms with Crippen LogP contribution in [0.3, 0.4) is 0 Å². The molecule has 0 saturated heterocycles. The van der Waals surface area contributed by atoms with Crippen molar-refractivity contribution in [2.45, 2.75) is 57.6 Å². The van der Waals surface area contributed by atoms with Gasteiger partial charge in [-0.25, -0.2) is 9.97 Å². The SMILES string of the molecule is Cc1ncoc1COc1ccc2c(c1)C(O)CN(C[C@@H](O)CNC(=O)c1ccnc(NC3CCC3)c1)C2. The molecule has 2 atom stereocenters. The first kappa shape index (κ1) is 25.2. The van der Waals surface area contributed by atoms with Crippen LogP contribution in [0.5, 0.6) is 5.75 Å². The molecule has 10 nitrogen and oxygen atoms in total. The van der Waals surface area contributed by atoms with Crippen LogP contribution >= 0.6 is 0 Å². The van der Waals surface area contributed by atoms with Gasteiger partial charge in [0, 0.05) is 44.0 Å². The first-order valence-electron chi connectivity index (χ1n) is 12.7. The molecule has 1 aliphatic carbocycles. The zero-order valence-electron chi connectivity index (χ0n) is 20.9. The highest BCUT2D eigenvalue weighted by Crippen LogP contribution is 2.30. The number of aryl methyl sites for hydroxylation is 1. The van der Waals surface area contributed by atoms with E-state index in [1.807, 2.05) is 30.0 Å². The third-order valence-electron chi connectivity index (χ3n) is 6.96. The molecule has 2 aliphatic rings. The fourth-order valence-electron chi connectivity index (χ4n) is 4.61. The van der Waals surface area contributed by atoms with E-state index >= 15 is 0 Å². The predicted molar refractivity (Wildman–Crippen MR) is 136 cm³/mol. The number of aliphatic hydroxyl groups excluding tert-OH is 2. The summed E-state index contributed by atoms with van der Waals surface area (Å²) in [6.45, 7) is 3.52. The molecule has 3 heterocycles. The van der Waals surface area contributed by atoms with E-state index in [2.05, 4.69) is 20.6 Å². The number of nitrogens with one attached hydrogen (secondary N) is 2. The van der Waals surface area contributed by atoms with Crippen molar-refractivity contribution < 1.29 is 24.2 Å². The highest BCUT2D eigenvalue weighted by molar-refractivity contribution is 5.94. The summed E-state index contributed by atoms with van der Waals surface area (Å²) in [7, 11) is 0. The van der Waals surface area contributed by atoms with Crippen molar-refractivity contribution >= 4 is 11.7 Å². The molecule has 5 rings (SSSR count). The lowest BCUT2D eigenvalue weighted by Crippen LogP contribution is -2.43. The maximum Gasteiger partial charge on any atom is 0.251 e. The van der Waals surface area contributed by atoms with Gasteiger partial charge in [0.15, 0.2) is 12.2 Å². The van der Waals surface area contributed by atoms with Crippen LogP contribution in [0.25, 0.3) is 0 Å². The minimum absolute atomic E-state index is 0.111. The second-order valence-electron chi connectivity index (χ2n) is 9.79. The quantitative estimate of drug-likeness (QED) is 0.327. The number of anilines is 1. The zero-order chi connectivity index (χ0) is 25.8. The largest absolute Gasteiger partial charge is 0.486 e. The van der Waals surface area contributed by atoms with E-state index in [0.717, 1.165) is 29.7 Å². The van der Waals surface area contributed by atoms with E-state index in [4.69, 9.17) is 9.15 Å². The maximum absolute atomic E-state index is 12.6. The Morgan fingerprint density at radius 1 is 1.27 bits per heavy atom. The summed E-state index contributed by atoms with van der Waals surface area (Å²) >= 11 is 0. The Balaban J connectivity index is 1.10. The summed E-state index contributed by atoms with van der Waals surface area (Å²) in [5.41, 5.74) is 3.08. The first-order valence-corrected chi connectivity index (χ1v) is 12.7. The lowest BCUT2D eigenvalue weighted by atomic mass is 9.93. The zero-order valence-corrected chi connectivity index (χ0v) is 20.9. The fourth-order valence-corrected chi connectivity index (χ4v) is 4.61. The van der Waals surface area contributed by atoms with Gasteiger partial charge >= 0.3 is 0 Å². The molecular weight excluding hydrogens is 474 g/mol. The van der Waals surface area contributed by atoms with E-state index in [9.17, 15) is 15.0 Å². The Bertz CT molecular complexity index is 1230. The minimum atomic E-state index is -0.778. The summed E-state index contributed by atoms with van der Waals surface area (Å²) in [5, 5.41) is 27.5. The van der Waals surface area contributed by atoms with Gasteiger partial charge in [0.1, 0.15) is 18.2 Å². The molecule has 0 radical (unpaired) electrons. The maximum atomic E-state index is 12.6. The Hall–Kier alpha value is -3.47. The van der Waals surface area contributed by atoms with Crippen molar-refractivity contribution in [3.05, 3.63) is 71.1 Å². The number of nitrogens with zero attached hydrogens (tertiary/aromatic N) is 3. The van der Waals surface area contributed by atoms with Gasteiger partial charge in [-0.3, -0.25) is 9.69 Å². The number of β-amino-alcohol motifs (C(OH)–C–C–N with tert-alkyl or cyclic N) is 2. The number of benzene rings is 1. The van der Waals surface area contributed by atoms with E-state index in [1.54, 1.807) is 18.3 Å². The lowest BCUT2D eigenvalue weighted by molar-refractivity contribution is 0.0517. The summed E-state index contributed by atoms with van der Waals surface area (Å²) < 4.78 is 11.1. The van der Waals surface area contributed by atoms with E-state index < -0.39 is 12.2 Å². The second-order valence-corrected chi connectivity index (χ2v) is 9.79. The molecular formula is C27H33N5O5. The van der Waals surface area contributed by atoms with Crippen molar-refractivity contribution in [1.29, 1.82) is 0 Å². The Labute approximate surface area is 215 Å². The van der Waals surface area contributed by atoms with Crippen molar-refractivity contribution in [2.24, 2.45) is 0 Å². The third-order valence-corrected chi connectivity index (χ3v) is 6.96. The van der Waals surface area contributed by atoms with Crippen LogP contribution < -0.4 is 15.4 Å². The number of carbonyl (C=O) groups is 1. The van der Waals surface area contributed by atoms with E-state index in [0.29, 0.717) is 48.6 Å². The molecule has 0 bridgehead atoms. The number of rotatable bonds is 10. The van der Waals surface area contributed by atoms with Crippen LogP contribution in [-0.4, -0.2) is 62.8 Å². The summed E-state index contributed by atoms with van der Waals surface area (Å²) in [5.74, 6) is 1.75. The molecule has 1 fully saturated rings. The molecule has 1 aromatic carbocycles. The van der Waals surface area contributed by atoms with Gasteiger partial charge in [-0.2, -0.15) is 0 Å². The predicted octanol–water partition coefficient (Wildman–Crippen LogP) is 2.56. The summed E-state index contributed by atoms with van der Waals surface area (Å²) in [4.78, 5) is 22.9. The number of fused-ring (bicyclic) bond motifs is 1. The standard InChI is InChI=1S/C27H33N5O5/c1-17-25(37-16-30-17)15-36-22-6-5-19-12-32(14-24(34)23(19)10-22)13-21(33)11-29-27(35)18-7-8-28-26(9-18)31-20-3-2-4-20/h5-10,16,20-21,24,33-34H,2-4,11-15H2,1H3,(H,28,31)(H,29,35)/t21-,24?/m0/s1. The van der Waals surface area contributed by atoms with Crippen molar-refractivity contribution in [3.8, 4) is 5.75 Å². The van der Waals surface area contributed by atoms with E-state index in [1.165, 1.54) is 12.8 Å². The summed E-state index contributed by atoms with van der Waals surface area (Å²) in [6.07, 6.45) is 4.98. The van der Waals surface area contributed by atoms with Crippen LogP contribution in [0.1, 0.15) is 58.3 Å². The Morgan fingerprint density at radius 3 is 2.89 bits per heavy atom. The monoisotopic (exact) mass is 507 g/mol. The highest BCUT2D eigenvalue weighted by atomic mass is 16.5. The molecule has 0 spiro atoms. The van der Waals surface area contributed by atoms with Gasteiger partial charge in [0.2, 0.25) is 0 Å². The molecule has 1 aliphatic heterocycles. The number of hydrogen-bond acceptors (Lipinski definition) is 9. The fraction of sp³-hybridized carbons (Fsp3) is 0.444. The van der Waals surface area contributed by atoms with Crippen LogP contribution in [0.15, 0.2) is 47.3 Å². The minimum Gasteiger partial charge on any atom is -0.486 e. The van der Waals surface area contributed by atoms with Crippen LogP contribution in [-0.2, 0) is 13.2 Å². The molecule has 4 N–H and O–H groups in total. The van der Waals surface area contributed by atoms with E-state index in [-0.39, 0.29) is 19.1 Å². The number of aliphatic hydroxyl groups is 2. The van der Waals surface area contributed by atoms with Gasteiger partial charge in [-0.1, -0.05) is 6.07 Å². The number of ether oxygens (including phenoxy) is 1. The average Bonchev–Trinajstić information content (AvgIpc) is 3.28. The number of oxazole rings is 1. The molecule has 3 aromatic rings. The van der Waals surface area contributed by atoms with Gasteiger partial charge in [-0.05, 0) is 61.6 Å². The van der Waals surface area contributed by atoms with Crippen LogP contribution in [0.4, 0.5) is 5.82 Å². The van der Waals surface area contributed by atoms with Crippen molar-refractivity contribution in [3.63, 3.8) is 0 Å². The van der Waals surface area contributed by atoms with Crippen molar-refractivity contribution in [2.75, 3.05) is 25.0 Å². The van der Waals surface area contributed by atoms with Gasteiger partial charge in [-0.15, -0.1) is 0 Å². The topological polar surface area (TPSA) is 133 Å². The molecule has 1 saturated carbocycles. The number of pyridine rings is 1. The lowest BCUT2D eigenvalue weighted by Gasteiger charge is -2.33.